The van der Waals surface area contributed by atoms with E-state index in [2.05, 4.69) is 15.6 Å². The van der Waals surface area contributed by atoms with Crippen LogP contribution in [0.5, 0.6) is 0 Å². The summed E-state index contributed by atoms with van der Waals surface area (Å²) in [6.45, 7) is 4.03. The van der Waals surface area contributed by atoms with Crippen LogP contribution in [-0.2, 0) is 16.1 Å². The number of carbonyl (C=O) groups is 2. The second-order valence-electron chi connectivity index (χ2n) is 8.43. The highest BCUT2D eigenvalue weighted by atomic mass is 32.1. The molecule has 2 aromatic carbocycles. The Morgan fingerprint density at radius 2 is 2.03 bits per heavy atom. The smallest absolute Gasteiger partial charge is 0.273 e. The molecule has 1 saturated heterocycles. The van der Waals surface area contributed by atoms with E-state index in [1.165, 1.54) is 11.3 Å². The number of aromatic nitrogens is 1. The van der Waals surface area contributed by atoms with Gasteiger partial charge in [-0.2, -0.15) is 0 Å². The average Bonchev–Trinajstić information content (AvgIpc) is 3.53. The van der Waals surface area contributed by atoms with Gasteiger partial charge in [-0.15, -0.1) is 11.3 Å². The number of thiazole rings is 1. The van der Waals surface area contributed by atoms with Crippen molar-refractivity contribution in [2.45, 2.75) is 38.8 Å². The van der Waals surface area contributed by atoms with E-state index in [-0.39, 0.29) is 24.3 Å². The van der Waals surface area contributed by atoms with Crippen molar-refractivity contribution in [2.75, 3.05) is 25.0 Å². The molecule has 0 unspecified atom stereocenters. The van der Waals surface area contributed by atoms with Crippen LogP contribution in [0.25, 0.3) is 0 Å². The Morgan fingerprint density at radius 3 is 2.79 bits per heavy atom. The number of nitrogens with zero attached hydrogens (tertiary/aromatic N) is 2. The molecule has 2 heterocycles. The maximum absolute atomic E-state index is 13.3. The predicted octanol–water partition coefficient (Wildman–Crippen LogP) is 4.52. The number of aryl methyl sites for hydroxylation is 1. The Labute approximate surface area is 204 Å². The van der Waals surface area contributed by atoms with E-state index < -0.39 is 0 Å². The van der Waals surface area contributed by atoms with Crippen LogP contribution in [0.1, 0.15) is 40.9 Å². The van der Waals surface area contributed by atoms with Gasteiger partial charge in [-0.3, -0.25) is 9.59 Å². The summed E-state index contributed by atoms with van der Waals surface area (Å²) in [6, 6.07) is 17.8. The molecule has 1 atom stereocenters. The lowest BCUT2D eigenvalue weighted by Crippen LogP contribution is -2.37. The van der Waals surface area contributed by atoms with E-state index in [0.29, 0.717) is 30.5 Å². The number of rotatable bonds is 10. The van der Waals surface area contributed by atoms with Gasteiger partial charge < -0.3 is 20.3 Å². The summed E-state index contributed by atoms with van der Waals surface area (Å²) in [5.41, 5.74) is 3.45. The highest BCUT2D eigenvalue weighted by Gasteiger charge is 2.21. The van der Waals surface area contributed by atoms with Crippen LogP contribution in [-0.4, -0.2) is 47.5 Å². The zero-order valence-electron chi connectivity index (χ0n) is 19.3. The SMILES string of the molecule is Cc1cccc(Nc2nc(C(=O)N(CCC(=O)NC[C@@H]3CCCO3)Cc3ccccc3)cs2)c1. The Morgan fingerprint density at radius 1 is 1.18 bits per heavy atom. The molecule has 1 aliphatic rings. The van der Waals surface area contributed by atoms with Crippen molar-refractivity contribution in [3.05, 3.63) is 76.8 Å². The van der Waals surface area contributed by atoms with E-state index in [1.807, 2.05) is 61.5 Å². The number of hydrogen-bond acceptors (Lipinski definition) is 6. The van der Waals surface area contributed by atoms with Gasteiger partial charge in [-0.25, -0.2) is 4.98 Å². The molecule has 3 aromatic rings. The lowest BCUT2D eigenvalue weighted by Gasteiger charge is -2.22. The van der Waals surface area contributed by atoms with Crippen LogP contribution in [0.2, 0.25) is 0 Å². The van der Waals surface area contributed by atoms with Crippen molar-refractivity contribution in [1.82, 2.24) is 15.2 Å². The summed E-state index contributed by atoms with van der Waals surface area (Å²) < 4.78 is 5.56. The number of hydrogen-bond donors (Lipinski definition) is 2. The second-order valence-corrected chi connectivity index (χ2v) is 9.29. The van der Waals surface area contributed by atoms with E-state index >= 15 is 0 Å². The fraction of sp³-hybridized carbons (Fsp3) is 0.346. The highest BCUT2D eigenvalue weighted by Crippen LogP contribution is 2.23. The molecule has 178 valence electrons. The Hall–Kier alpha value is -3.23. The number of amides is 2. The van der Waals surface area contributed by atoms with Gasteiger partial charge >= 0.3 is 0 Å². The number of carbonyl (C=O) groups excluding carboxylic acids is 2. The predicted molar refractivity (Wildman–Crippen MR) is 134 cm³/mol. The first-order valence-electron chi connectivity index (χ1n) is 11.6. The fourth-order valence-electron chi connectivity index (χ4n) is 3.85. The average molecular weight is 479 g/mol. The molecule has 2 amide bonds. The lowest BCUT2D eigenvalue weighted by molar-refractivity contribution is -0.121. The number of anilines is 2. The molecule has 1 fully saturated rings. The summed E-state index contributed by atoms with van der Waals surface area (Å²) in [4.78, 5) is 32.0. The summed E-state index contributed by atoms with van der Waals surface area (Å²) in [7, 11) is 0. The number of ether oxygens (including phenoxy) is 1. The zero-order valence-corrected chi connectivity index (χ0v) is 20.1. The first-order valence-corrected chi connectivity index (χ1v) is 12.5. The van der Waals surface area contributed by atoms with E-state index in [9.17, 15) is 9.59 Å². The monoisotopic (exact) mass is 478 g/mol. The van der Waals surface area contributed by atoms with Crippen LogP contribution in [0, 0.1) is 6.92 Å². The van der Waals surface area contributed by atoms with Crippen LogP contribution in [0.4, 0.5) is 10.8 Å². The molecule has 7 nitrogen and oxygen atoms in total. The molecule has 0 aliphatic carbocycles. The van der Waals surface area contributed by atoms with E-state index in [4.69, 9.17) is 4.74 Å². The highest BCUT2D eigenvalue weighted by molar-refractivity contribution is 7.14. The molecular weight excluding hydrogens is 448 g/mol. The molecule has 0 bridgehead atoms. The summed E-state index contributed by atoms with van der Waals surface area (Å²) >= 11 is 1.39. The minimum Gasteiger partial charge on any atom is -0.376 e. The van der Waals surface area contributed by atoms with Gasteiger partial charge in [0.1, 0.15) is 5.69 Å². The Kier molecular flexibility index (Phi) is 8.27. The maximum atomic E-state index is 13.3. The molecule has 1 aliphatic heterocycles. The topological polar surface area (TPSA) is 83.6 Å². The molecule has 8 heteroatoms. The Bertz CT molecular complexity index is 1100. The molecule has 0 radical (unpaired) electrons. The van der Waals surface area contributed by atoms with Gasteiger partial charge in [0.2, 0.25) is 5.91 Å². The lowest BCUT2D eigenvalue weighted by atomic mass is 10.2. The van der Waals surface area contributed by atoms with Gasteiger partial charge in [-0.05, 0) is 43.0 Å². The molecule has 2 N–H and O–H groups in total. The van der Waals surface area contributed by atoms with E-state index in [1.54, 1.807) is 10.3 Å². The molecule has 0 saturated carbocycles. The third-order valence-corrected chi connectivity index (χ3v) is 6.41. The molecule has 0 spiro atoms. The first-order chi connectivity index (χ1) is 16.6. The summed E-state index contributed by atoms with van der Waals surface area (Å²) in [6.07, 6.45) is 2.33. The molecule has 1 aromatic heterocycles. The van der Waals surface area contributed by atoms with Crippen molar-refractivity contribution in [2.24, 2.45) is 0 Å². The van der Waals surface area contributed by atoms with Crippen molar-refractivity contribution >= 4 is 34.0 Å². The molecule has 4 rings (SSSR count). The summed E-state index contributed by atoms with van der Waals surface area (Å²) in [5.74, 6) is -0.272. The maximum Gasteiger partial charge on any atom is 0.273 e. The van der Waals surface area contributed by atoms with Crippen molar-refractivity contribution in [3.8, 4) is 0 Å². The van der Waals surface area contributed by atoms with Crippen LogP contribution >= 0.6 is 11.3 Å². The van der Waals surface area contributed by atoms with Gasteiger partial charge in [0.05, 0.1) is 6.10 Å². The largest absolute Gasteiger partial charge is 0.376 e. The number of benzene rings is 2. The quantitative estimate of drug-likeness (QED) is 0.448. The fourth-order valence-corrected chi connectivity index (χ4v) is 4.56. The first kappa shape index (κ1) is 23.9. The van der Waals surface area contributed by atoms with Gasteiger partial charge in [0.25, 0.3) is 5.91 Å². The van der Waals surface area contributed by atoms with Crippen LogP contribution in [0.3, 0.4) is 0 Å². The van der Waals surface area contributed by atoms with E-state index in [0.717, 1.165) is 36.3 Å². The van der Waals surface area contributed by atoms with Gasteiger partial charge in [-0.1, -0.05) is 42.5 Å². The standard InChI is InChI=1S/C26H30N4O3S/c1-19-7-5-10-21(15-19)28-26-29-23(18-34-26)25(32)30(17-20-8-3-2-4-9-20)13-12-24(31)27-16-22-11-6-14-33-22/h2-5,7-10,15,18,22H,6,11-14,16-17H2,1H3,(H,27,31)(H,28,29)/t22-/m0/s1. The van der Waals surface area contributed by atoms with Gasteiger partial charge in [0.15, 0.2) is 5.13 Å². The van der Waals surface area contributed by atoms with Crippen LogP contribution in [0.15, 0.2) is 60.0 Å². The van der Waals surface area contributed by atoms with Crippen molar-refractivity contribution < 1.29 is 14.3 Å². The second kappa shape index (κ2) is 11.8. The van der Waals surface area contributed by atoms with Crippen LogP contribution < -0.4 is 10.6 Å². The minimum absolute atomic E-state index is 0.0820. The van der Waals surface area contributed by atoms with Crippen molar-refractivity contribution in [1.29, 1.82) is 0 Å². The van der Waals surface area contributed by atoms with Crippen molar-refractivity contribution in [3.63, 3.8) is 0 Å². The Balaban J connectivity index is 1.40. The molecule has 34 heavy (non-hydrogen) atoms. The number of nitrogens with one attached hydrogen (secondary N) is 2. The summed E-state index contributed by atoms with van der Waals surface area (Å²) in [5, 5.41) is 8.61. The van der Waals surface area contributed by atoms with Gasteiger partial charge in [0, 0.05) is 43.7 Å². The normalized spacial score (nSPS) is 15.1. The molecular formula is C26H30N4O3S. The third-order valence-electron chi connectivity index (χ3n) is 5.66. The zero-order chi connectivity index (χ0) is 23.8. The third kappa shape index (κ3) is 6.88. The minimum atomic E-state index is -0.190.